The van der Waals surface area contributed by atoms with Crippen molar-refractivity contribution >= 4 is 17.4 Å². The molecule has 1 aromatic rings. The van der Waals surface area contributed by atoms with E-state index >= 15 is 0 Å². The normalized spacial score (nSPS) is 11.3. The number of ether oxygens (including phenoxy) is 1. The summed E-state index contributed by atoms with van der Waals surface area (Å²) in [5.41, 5.74) is 1.98. The topological polar surface area (TPSA) is 9.23 Å². The van der Waals surface area contributed by atoms with Crippen LogP contribution in [0.3, 0.4) is 0 Å². The molecule has 0 N–H and O–H groups in total. The lowest BCUT2D eigenvalue weighted by Crippen LogP contribution is -1.91. The van der Waals surface area contributed by atoms with Gasteiger partial charge in [0.1, 0.15) is 5.76 Å². The Kier molecular flexibility index (Phi) is 3.98. The Bertz CT molecular complexity index is 405. The van der Waals surface area contributed by atoms with Crippen molar-refractivity contribution in [2.45, 2.75) is 20.8 Å². The summed E-state index contributed by atoms with van der Waals surface area (Å²) in [6.07, 6.45) is 1.88. The zero-order valence-corrected chi connectivity index (χ0v) is 10.1. The molecule has 0 fully saturated rings. The molecule has 0 heterocycles. The minimum absolute atomic E-state index is 0.583. The van der Waals surface area contributed by atoms with E-state index in [9.17, 15) is 0 Å². The largest absolute Gasteiger partial charge is 0.462 e. The van der Waals surface area contributed by atoms with Crippen molar-refractivity contribution in [2.24, 2.45) is 0 Å². The lowest BCUT2D eigenvalue weighted by atomic mass is 10.1. The molecule has 0 aliphatic rings. The third-order valence-electron chi connectivity index (χ3n) is 2.11. The van der Waals surface area contributed by atoms with Crippen molar-refractivity contribution < 1.29 is 4.74 Å². The first-order valence-electron chi connectivity index (χ1n) is 4.80. The van der Waals surface area contributed by atoms with E-state index in [-0.39, 0.29) is 0 Å². The van der Waals surface area contributed by atoms with Gasteiger partial charge in [-0.25, -0.2) is 0 Å². The predicted molar refractivity (Wildman–Crippen MR) is 65.7 cm³/mol. The van der Waals surface area contributed by atoms with E-state index < -0.39 is 0 Å². The van der Waals surface area contributed by atoms with Gasteiger partial charge >= 0.3 is 0 Å². The smallest absolute Gasteiger partial charge is 0.128 e. The Labute approximate surface area is 96.0 Å². The fourth-order valence-electron chi connectivity index (χ4n) is 1.16. The van der Waals surface area contributed by atoms with Gasteiger partial charge in [-0.2, -0.15) is 0 Å². The summed E-state index contributed by atoms with van der Waals surface area (Å²) in [5, 5.41) is 0.662. The Morgan fingerprint density at radius 1 is 1.47 bits per heavy atom. The maximum absolute atomic E-state index is 6.06. The van der Waals surface area contributed by atoms with Crippen LogP contribution in [-0.2, 0) is 4.74 Å². The first kappa shape index (κ1) is 11.9. The number of aryl methyl sites for hydroxylation is 1. The van der Waals surface area contributed by atoms with Gasteiger partial charge < -0.3 is 4.74 Å². The summed E-state index contributed by atoms with van der Waals surface area (Å²) in [7, 11) is 0. The third kappa shape index (κ3) is 3.14. The van der Waals surface area contributed by atoms with Gasteiger partial charge in [-0.15, -0.1) is 0 Å². The number of halogens is 1. The Morgan fingerprint density at radius 2 is 2.13 bits per heavy atom. The van der Waals surface area contributed by atoms with Crippen LogP contribution in [0.25, 0.3) is 5.76 Å². The van der Waals surface area contributed by atoms with Gasteiger partial charge in [0.25, 0.3) is 0 Å². The molecule has 1 rings (SSSR count). The standard InChI is InChI=1S/C13H15ClO/c1-5-10(3)15-11(4)12-8-9(2)6-7-13(12)14/h5-8H,4H2,1-3H3/b10-5-. The van der Waals surface area contributed by atoms with Crippen LogP contribution in [0.2, 0.25) is 5.02 Å². The summed E-state index contributed by atoms with van der Waals surface area (Å²) in [4.78, 5) is 0. The molecule has 1 nitrogen and oxygen atoms in total. The van der Waals surface area contributed by atoms with Crippen LogP contribution in [-0.4, -0.2) is 0 Å². The highest BCUT2D eigenvalue weighted by Crippen LogP contribution is 2.26. The number of benzene rings is 1. The minimum Gasteiger partial charge on any atom is -0.462 e. The lowest BCUT2D eigenvalue weighted by molar-refractivity contribution is 0.385. The number of hydrogen-bond donors (Lipinski definition) is 0. The summed E-state index contributed by atoms with van der Waals surface area (Å²) >= 11 is 6.06. The number of hydrogen-bond acceptors (Lipinski definition) is 1. The van der Waals surface area contributed by atoms with Crippen molar-refractivity contribution in [2.75, 3.05) is 0 Å². The number of rotatable bonds is 3. The second-order valence-corrected chi connectivity index (χ2v) is 3.82. The Morgan fingerprint density at radius 3 is 2.73 bits per heavy atom. The van der Waals surface area contributed by atoms with E-state index in [2.05, 4.69) is 6.58 Å². The highest BCUT2D eigenvalue weighted by Gasteiger charge is 2.06. The van der Waals surface area contributed by atoms with Gasteiger partial charge in [-0.1, -0.05) is 29.8 Å². The average molecular weight is 223 g/mol. The molecule has 0 amide bonds. The summed E-state index contributed by atoms with van der Waals surface area (Å²) in [6.45, 7) is 9.68. The maximum atomic E-state index is 6.06. The van der Waals surface area contributed by atoms with E-state index in [1.807, 2.05) is 45.0 Å². The van der Waals surface area contributed by atoms with Crippen LogP contribution >= 0.6 is 11.6 Å². The molecule has 0 unspecified atom stereocenters. The van der Waals surface area contributed by atoms with Crippen LogP contribution in [0.1, 0.15) is 25.0 Å². The number of allylic oxidation sites excluding steroid dienone is 2. The quantitative estimate of drug-likeness (QED) is 0.682. The zero-order chi connectivity index (χ0) is 11.4. The summed E-state index contributed by atoms with van der Waals surface area (Å²) < 4.78 is 5.50. The van der Waals surface area contributed by atoms with Gasteiger partial charge in [0.2, 0.25) is 0 Å². The van der Waals surface area contributed by atoms with E-state index in [0.29, 0.717) is 10.8 Å². The van der Waals surface area contributed by atoms with Gasteiger partial charge in [-0.05, 0) is 39.0 Å². The van der Waals surface area contributed by atoms with Crippen molar-refractivity contribution in [3.05, 3.63) is 52.8 Å². The Hall–Kier alpha value is -1.21. The molecule has 15 heavy (non-hydrogen) atoms. The molecule has 0 spiro atoms. The van der Waals surface area contributed by atoms with Gasteiger partial charge in [0.05, 0.1) is 10.8 Å². The Balaban J connectivity index is 2.96. The third-order valence-corrected chi connectivity index (χ3v) is 2.44. The molecule has 80 valence electrons. The van der Waals surface area contributed by atoms with Gasteiger partial charge in [-0.3, -0.25) is 0 Å². The molecule has 0 atom stereocenters. The second-order valence-electron chi connectivity index (χ2n) is 3.41. The fraction of sp³-hybridized carbons (Fsp3) is 0.231. The molecule has 0 aromatic heterocycles. The van der Waals surface area contributed by atoms with Crippen molar-refractivity contribution in [3.8, 4) is 0 Å². The van der Waals surface area contributed by atoms with E-state index in [1.54, 1.807) is 0 Å². The molecule has 1 aromatic carbocycles. The van der Waals surface area contributed by atoms with Crippen LogP contribution in [0.4, 0.5) is 0 Å². The summed E-state index contributed by atoms with van der Waals surface area (Å²) in [6, 6.07) is 5.78. The molecule has 0 saturated carbocycles. The van der Waals surface area contributed by atoms with E-state index in [1.165, 1.54) is 0 Å². The molecule has 0 radical (unpaired) electrons. The van der Waals surface area contributed by atoms with Crippen LogP contribution in [0.15, 0.2) is 36.6 Å². The molecular weight excluding hydrogens is 208 g/mol. The monoisotopic (exact) mass is 222 g/mol. The van der Waals surface area contributed by atoms with E-state index in [0.717, 1.165) is 16.9 Å². The van der Waals surface area contributed by atoms with Gasteiger partial charge in [0.15, 0.2) is 0 Å². The zero-order valence-electron chi connectivity index (χ0n) is 9.30. The SMILES string of the molecule is C=C(O/C(C)=C\C)c1cc(C)ccc1Cl. The minimum atomic E-state index is 0.583. The predicted octanol–water partition coefficient (Wildman–Crippen LogP) is 4.56. The van der Waals surface area contributed by atoms with Crippen LogP contribution < -0.4 is 0 Å². The van der Waals surface area contributed by atoms with Crippen molar-refractivity contribution in [1.82, 2.24) is 0 Å². The molecule has 0 saturated heterocycles. The second kappa shape index (κ2) is 5.04. The fourth-order valence-corrected chi connectivity index (χ4v) is 1.38. The van der Waals surface area contributed by atoms with Crippen molar-refractivity contribution in [3.63, 3.8) is 0 Å². The highest BCUT2D eigenvalue weighted by atomic mass is 35.5. The highest BCUT2D eigenvalue weighted by molar-refractivity contribution is 6.32. The van der Waals surface area contributed by atoms with Crippen LogP contribution in [0.5, 0.6) is 0 Å². The average Bonchev–Trinajstić information content (AvgIpc) is 2.21. The maximum Gasteiger partial charge on any atom is 0.128 e. The molecule has 0 aliphatic heterocycles. The molecular formula is C13H15ClO. The lowest BCUT2D eigenvalue weighted by Gasteiger charge is -2.11. The first-order chi connectivity index (χ1) is 7.04. The first-order valence-corrected chi connectivity index (χ1v) is 5.18. The van der Waals surface area contributed by atoms with Crippen molar-refractivity contribution in [1.29, 1.82) is 0 Å². The molecule has 0 aliphatic carbocycles. The van der Waals surface area contributed by atoms with E-state index in [4.69, 9.17) is 16.3 Å². The molecule has 2 heteroatoms. The summed E-state index contributed by atoms with van der Waals surface area (Å²) in [5.74, 6) is 1.40. The van der Waals surface area contributed by atoms with Crippen LogP contribution in [0, 0.1) is 6.92 Å². The van der Waals surface area contributed by atoms with Gasteiger partial charge in [0, 0.05) is 5.56 Å². The molecule has 0 bridgehead atoms.